The molecule has 0 radical (unpaired) electrons. The number of hydrogen-bond donors (Lipinski definition) is 0. The first-order valence-electron chi connectivity index (χ1n) is 7.27. The number of ether oxygens (including phenoxy) is 3. The Balaban J connectivity index is 1.44. The first-order valence-corrected chi connectivity index (χ1v) is 8.07. The van der Waals surface area contributed by atoms with Crippen LogP contribution in [0.15, 0.2) is 45.4 Å². The molecule has 2 aromatic carbocycles. The van der Waals surface area contributed by atoms with Crippen LogP contribution in [0.1, 0.15) is 11.3 Å². The molecule has 0 fully saturated rings. The zero-order chi connectivity index (χ0) is 16.5. The lowest BCUT2D eigenvalue weighted by molar-refractivity contribution is -0.144. The molecule has 7 heteroatoms. The van der Waals surface area contributed by atoms with E-state index in [1.165, 1.54) is 0 Å². The molecule has 0 bridgehead atoms. The number of carbonyl (C=O) groups is 1. The minimum absolute atomic E-state index is 0.0547. The van der Waals surface area contributed by atoms with Crippen LogP contribution in [0.25, 0.3) is 11.0 Å². The van der Waals surface area contributed by atoms with Crippen molar-refractivity contribution in [1.29, 1.82) is 0 Å². The minimum Gasteiger partial charge on any atom is -0.460 e. The average Bonchev–Trinajstić information content (AvgIpc) is 3.19. The van der Waals surface area contributed by atoms with Gasteiger partial charge in [0.2, 0.25) is 6.79 Å². The Morgan fingerprint density at radius 2 is 2.00 bits per heavy atom. The maximum absolute atomic E-state index is 12.1. The summed E-state index contributed by atoms with van der Waals surface area (Å²) in [7, 11) is 0. The molecule has 0 saturated carbocycles. The number of para-hydroxylation sites is 1. The molecular weight excluding hydrogens is 378 g/mol. The van der Waals surface area contributed by atoms with E-state index in [2.05, 4.69) is 21.1 Å². The number of benzene rings is 2. The highest BCUT2D eigenvalue weighted by Gasteiger charge is 2.18. The maximum Gasteiger partial charge on any atom is 0.312 e. The summed E-state index contributed by atoms with van der Waals surface area (Å²) in [6.45, 7) is 0.329. The summed E-state index contributed by atoms with van der Waals surface area (Å²) in [4.78, 5) is 12.1. The lowest BCUT2D eigenvalue weighted by Gasteiger charge is -2.07. The van der Waals surface area contributed by atoms with Crippen molar-refractivity contribution < 1.29 is 23.5 Å². The van der Waals surface area contributed by atoms with E-state index in [1.54, 1.807) is 18.2 Å². The molecule has 122 valence electrons. The molecule has 0 spiro atoms. The number of esters is 1. The Kier molecular flexibility index (Phi) is 3.86. The van der Waals surface area contributed by atoms with Crippen LogP contribution in [-0.2, 0) is 22.6 Å². The smallest absolute Gasteiger partial charge is 0.312 e. The summed E-state index contributed by atoms with van der Waals surface area (Å²) in [6.07, 6.45) is 0.0547. The largest absolute Gasteiger partial charge is 0.460 e. The molecule has 4 rings (SSSR count). The Labute approximate surface area is 145 Å². The molecule has 0 amide bonds. The van der Waals surface area contributed by atoms with Gasteiger partial charge < -0.3 is 18.7 Å². The number of carbonyl (C=O) groups excluding carboxylic acids is 1. The molecule has 0 saturated heterocycles. The molecule has 2 heterocycles. The summed E-state index contributed by atoms with van der Waals surface area (Å²) < 4.78 is 21.9. The Hall–Kier alpha value is -2.54. The van der Waals surface area contributed by atoms with Gasteiger partial charge in [-0.1, -0.05) is 33.2 Å². The molecule has 0 atom stereocenters. The molecule has 3 aromatic rings. The molecular formula is C17H12BrNO5. The van der Waals surface area contributed by atoms with E-state index in [0.717, 1.165) is 15.4 Å². The van der Waals surface area contributed by atoms with Gasteiger partial charge in [0, 0.05) is 15.4 Å². The van der Waals surface area contributed by atoms with Gasteiger partial charge in [-0.25, -0.2) is 0 Å². The second kappa shape index (κ2) is 6.16. The topological polar surface area (TPSA) is 70.8 Å². The van der Waals surface area contributed by atoms with Crippen LogP contribution < -0.4 is 9.47 Å². The summed E-state index contributed by atoms with van der Waals surface area (Å²) in [5.74, 6) is 0.941. The van der Waals surface area contributed by atoms with Gasteiger partial charge in [-0.3, -0.25) is 4.79 Å². The van der Waals surface area contributed by atoms with E-state index in [4.69, 9.17) is 18.7 Å². The van der Waals surface area contributed by atoms with Gasteiger partial charge >= 0.3 is 5.97 Å². The van der Waals surface area contributed by atoms with Crippen molar-refractivity contribution in [3.05, 3.63) is 52.1 Å². The van der Waals surface area contributed by atoms with Crippen LogP contribution in [0.5, 0.6) is 11.5 Å². The van der Waals surface area contributed by atoms with E-state index in [0.29, 0.717) is 22.8 Å². The number of nitrogens with zero attached hydrogens (tertiary/aromatic N) is 1. The van der Waals surface area contributed by atoms with Gasteiger partial charge in [0.25, 0.3) is 0 Å². The first-order chi connectivity index (χ1) is 11.7. The molecule has 0 unspecified atom stereocenters. The third-order valence-corrected chi connectivity index (χ3v) is 4.43. The number of halogens is 1. The van der Waals surface area contributed by atoms with Gasteiger partial charge in [-0.05, 0) is 24.3 Å². The lowest BCUT2D eigenvalue weighted by Crippen LogP contribution is -2.08. The predicted molar refractivity (Wildman–Crippen MR) is 87.8 cm³/mol. The van der Waals surface area contributed by atoms with Crippen LogP contribution >= 0.6 is 15.9 Å². The fraction of sp³-hybridized carbons (Fsp3) is 0.176. The number of rotatable bonds is 4. The summed E-state index contributed by atoms with van der Waals surface area (Å²) in [6, 6.07) is 11.0. The lowest BCUT2D eigenvalue weighted by atomic mass is 10.2. The summed E-state index contributed by atoms with van der Waals surface area (Å²) in [5, 5.41) is 4.75. The molecule has 1 aliphatic heterocycles. The van der Waals surface area contributed by atoms with Crippen molar-refractivity contribution in [3.8, 4) is 11.5 Å². The van der Waals surface area contributed by atoms with E-state index in [1.807, 2.05) is 18.2 Å². The molecule has 0 aliphatic carbocycles. The van der Waals surface area contributed by atoms with Crippen LogP contribution in [0, 0.1) is 0 Å². The Morgan fingerprint density at radius 1 is 1.21 bits per heavy atom. The van der Waals surface area contributed by atoms with Crippen LogP contribution in [0.2, 0.25) is 0 Å². The van der Waals surface area contributed by atoms with Crippen molar-refractivity contribution in [3.63, 3.8) is 0 Å². The fourth-order valence-electron chi connectivity index (χ4n) is 2.48. The van der Waals surface area contributed by atoms with Crippen molar-refractivity contribution in [1.82, 2.24) is 5.16 Å². The highest BCUT2D eigenvalue weighted by atomic mass is 79.9. The van der Waals surface area contributed by atoms with E-state index >= 15 is 0 Å². The second-order valence-corrected chi connectivity index (χ2v) is 6.11. The quantitative estimate of drug-likeness (QED) is 0.634. The molecule has 1 aromatic heterocycles. The third-order valence-electron chi connectivity index (χ3n) is 3.69. The molecule has 6 nitrogen and oxygen atoms in total. The highest BCUT2D eigenvalue weighted by molar-refractivity contribution is 9.10. The Morgan fingerprint density at radius 3 is 2.88 bits per heavy atom. The average molecular weight is 390 g/mol. The van der Waals surface area contributed by atoms with Crippen LogP contribution in [-0.4, -0.2) is 17.9 Å². The first kappa shape index (κ1) is 15.0. The zero-order valence-corrected chi connectivity index (χ0v) is 14.0. The van der Waals surface area contributed by atoms with Crippen LogP contribution in [0.4, 0.5) is 0 Å². The summed E-state index contributed by atoms with van der Waals surface area (Å²) >= 11 is 3.44. The molecule has 24 heavy (non-hydrogen) atoms. The van der Waals surface area contributed by atoms with E-state index in [-0.39, 0.29) is 25.8 Å². The van der Waals surface area contributed by atoms with Crippen LogP contribution in [0.3, 0.4) is 0 Å². The van der Waals surface area contributed by atoms with E-state index in [9.17, 15) is 4.79 Å². The van der Waals surface area contributed by atoms with Gasteiger partial charge in [0.1, 0.15) is 12.3 Å². The fourth-order valence-corrected chi connectivity index (χ4v) is 2.92. The predicted octanol–water partition coefficient (Wildman–Crippen LogP) is 3.60. The van der Waals surface area contributed by atoms with E-state index < -0.39 is 0 Å². The van der Waals surface area contributed by atoms with Gasteiger partial charge in [-0.2, -0.15) is 0 Å². The molecule has 0 N–H and O–H groups in total. The van der Waals surface area contributed by atoms with Crippen molar-refractivity contribution >= 4 is 32.9 Å². The minimum atomic E-state index is -0.376. The van der Waals surface area contributed by atoms with Gasteiger partial charge in [-0.15, -0.1) is 0 Å². The highest BCUT2D eigenvalue weighted by Crippen LogP contribution is 2.37. The van der Waals surface area contributed by atoms with Crippen molar-refractivity contribution in [2.45, 2.75) is 13.0 Å². The number of fused-ring (bicyclic) bond motifs is 2. The van der Waals surface area contributed by atoms with Crippen molar-refractivity contribution in [2.24, 2.45) is 0 Å². The van der Waals surface area contributed by atoms with Crippen molar-refractivity contribution in [2.75, 3.05) is 6.79 Å². The number of hydrogen-bond acceptors (Lipinski definition) is 6. The monoisotopic (exact) mass is 389 g/mol. The number of aromatic nitrogens is 1. The van der Waals surface area contributed by atoms with Gasteiger partial charge in [0.15, 0.2) is 17.1 Å². The molecule has 1 aliphatic rings. The Bertz CT molecular complexity index is 920. The standard InChI is InChI=1S/C17H12BrNO5/c18-12-6-16-15(22-9-23-16)5-10(12)8-21-17(20)7-13-11-3-1-2-4-14(11)24-19-13/h1-6H,7-9H2. The third kappa shape index (κ3) is 2.82. The normalized spacial score (nSPS) is 12.5. The summed E-state index contributed by atoms with van der Waals surface area (Å²) in [5.41, 5.74) is 2.02. The maximum atomic E-state index is 12.1. The second-order valence-electron chi connectivity index (χ2n) is 5.26. The SMILES string of the molecule is O=C(Cc1noc2ccccc12)OCc1cc2c(cc1Br)OCO2. The zero-order valence-electron chi connectivity index (χ0n) is 12.5. The van der Waals surface area contributed by atoms with Gasteiger partial charge in [0.05, 0.1) is 6.42 Å².